The lowest BCUT2D eigenvalue weighted by Crippen LogP contribution is -2.80. The lowest BCUT2D eigenvalue weighted by atomic mass is 9.53. The fourth-order valence-corrected chi connectivity index (χ4v) is 19.9. The van der Waals surface area contributed by atoms with Gasteiger partial charge in [-0.3, -0.25) is 24.0 Å². The van der Waals surface area contributed by atoms with Gasteiger partial charge >= 0.3 is 0 Å². The first-order valence-corrected chi connectivity index (χ1v) is 38.1. The first kappa shape index (κ1) is 82.2. The Labute approximate surface area is 641 Å². The highest BCUT2D eigenvalue weighted by Crippen LogP contribution is 2.69. The zero-order valence-corrected chi connectivity index (χ0v) is 63.5. The summed E-state index contributed by atoms with van der Waals surface area (Å²) < 4.78 is 87.0. The predicted molar refractivity (Wildman–Crippen MR) is 375 cm³/mol. The Hall–Kier alpha value is -6.31. The molecule has 5 aliphatic carbocycles. The van der Waals surface area contributed by atoms with Gasteiger partial charge in [-0.1, -0.05) is 26.7 Å². The number of ketones is 5. The molecular weight excluding hydrogens is 1480 g/mol. The molecule has 4 bridgehead atoms. The van der Waals surface area contributed by atoms with Gasteiger partial charge < -0.3 is 148 Å². The molecule has 2 saturated carbocycles. The lowest BCUT2D eigenvalue weighted by molar-refractivity contribution is -0.355. The second-order valence-electron chi connectivity index (χ2n) is 31.9. The molecule has 11 aliphatic rings. The van der Waals surface area contributed by atoms with Crippen LogP contribution >= 0.6 is 0 Å². The molecule has 6 heterocycles. The number of fused-ring (bicyclic) bond motifs is 6. The number of carbonyl (C=O) groups excluding carboxylic acids is 5. The van der Waals surface area contributed by atoms with Crippen LogP contribution in [0.25, 0.3) is 16.3 Å². The number of carbonyl (C=O) groups is 5. The average molecular weight is 1590 g/mol. The topological polar surface area (TPSA) is 538 Å². The molecule has 6 aliphatic heterocycles. The van der Waals surface area contributed by atoms with Crippen molar-refractivity contribution in [3.8, 4) is 34.5 Å². The maximum Gasteiger partial charge on any atom is 0.232 e. The number of ether oxygens (including phenoxy) is 14. The quantitative estimate of drug-likeness (QED) is 0.0727. The van der Waals surface area contributed by atoms with Crippen LogP contribution in [-0.2, 0) is 68.1 Å². The van der Waals surface area contributed by atoms with Gasteiger partial charge in [0.25, 0.3) is 0 Å². The van der Waals surface area contributed by atoms with Crippen molar-refractivity contribution in [2.45, 2.75) is 308 Å². The maximum atomic E-state index is 16.3. The lowest BCUT2D eigenvalue weighted by Gasteiger charge is -2.60. The Morgan fingerprint density at radius 1 is 0.527 bits per heavy atom. The summed E-state index contributed by atoms with van der Waals surface area (Å²) >= 11 is 0. The highest BCUT2D eigenvalue weighted by atomic mass is 16.7. The summed E-state index contributed by atoms with van der Waals surface area (Å²) in [5.41, 5.74) is -20.3. The number of hydrogen-bond donors (Lipinski definition) is 16. The number of hydrogen-bond acceptors (Lipinski definition) is 35. The van der Waals surface area contributed by atoms with Crippen LogP contribution in [0.5, 0.6) is 34.5 Å². The number of Topliss-reactive ketones (excluding diaryl/α,β-unsaturated/α-hetero) is 5. The van der Waals surface area contributed by atoms with Crippen LogP contribution in [0.15, 0.2) is 11.8 Å². The van der Waals surface area contributed by atoms with E-state index in [1.54, 1.807) is 27.7 Å². The van der Waals surface area contributed by atoms with Crippen LogP contribution in [0, 0.1) is 11.8 Å². The average Bonchev–Trinajstić information content (AvgIpc) is 1.55. The molecule has 0 aromatic heterocycles. The van der Waals surface area contributed by atoms with Gasteiger partial charge in [0.15, 0.2) is 71.3 Å². The van der Waals surface area contributed by atoms with Crippen LogP contribution in [-0.4, -0.2) is 301 Å². The number of phenols is 4. The van der Waals surface area contributed by atoms with Gasteiger partial charge in [-0.05, 0) is 85.3 Å². The van der Waals surface area contributed by atoms with E-state index in [0.717, 1.165) is 28.3 Å². The van der Waals surface area contributed by atoms with Crippen LogP contribution in [0.2, 0.25) is 0 Å². The van der Waals surface area contributed by atoms with Gasteiger partial charge in [0.2, 0.25) is 23.1 Å². The van der Waals surface area contributed by atoms with Crippen LogP contribution < -0.4 is 9.47 Å². The Bertz CT molecular complexity index is 4240. The second kappa shape index (κ2) is 29.7. The van der Waals surface area contributed by atoms with E-state index in [0.29, 0.717) is 0 Å². The van der Waals surface area contributed by atoms with E-state index in [-0.39, 0.29) is 68.7 Å². The first-order valence-electron chi connectivity index (χ1n) is 38.1. The van der Waals surface area contributed by atoms with E-state index in [4.69, 9.17) is 66.3 Å². The van der Waals surface area contributed by atoms with E-state index < -0.39 is 320 Å². The molecule has 16 N–H and O–H groups in total. The molecule has 8 fully saturated rings. The second-order valence-corrected chi connectivity index (χ2v) is 31.9. The number of rotatable bonds is 19. The van der Waals surface area contributed by atoms with Gasteiger partial charge in [-0.15, -0.1) is 0 Å². The minimum atomic E-state index is -3.16. The zero-order valence-electron chi connectivity index (χ0n) is 63.5. The molecule has 0 spiro atoms. The van der Waals surface area contributed by atoms with Crippen molar-refractivity contribution >= 4 is 45.3 Å². The molecule has 14 rings (SSSR count). The summed E-state index contributed by atoms with van der Waals surface area (Å²) in [5.74, 6) is -17.0. The smallest absolute Gasteiger partial charge is 0.232 e. The van der Waals surface area contributed by atoms with Gasteiger partial charge in [0.1, 0.15) is 70.8 Å². The van der Waals surface area contributed by atoms with Crippen molar-refractivity contribution in [3.63, 3.8) is 0 Å². The Morgan fingerprint density at radius 2 is 1.07 bits per heavy atom. The SMILES string of the molecule is CCC[C@@]1(O)[C@H](O[C@H]2CC[C@H](O)[C@@H](C)O2)[C@@H](O)[C@H](O[C@@H]2C[C@H](O)[C@H](O)[C@H](C)O2)[C@H]2Cc3cc4c(OC)c(OC)c(C5=C(OC)C(=O)c6c(O)c7c(c(O)c6C5=O)C(=O)[C@]5(O)[C@@H]6[C@H](O[C@H]8C[C@@H](O)[C@H](O)[C@@H](C)O8)[C@@H](O)[C@H](O[C@H]8CC[C@H](O[C@@H]9C[C@H](O)[C@](O)(C(C)=O)[C@@H](C)O9)[C@H](C)O8)[C@@]5(CCC)O[C@H]76)c(O)c4c(O)c3C(=O)[C@@]21O. The monoisotopic (exact) mass is 1580 g/mol. The number of aliphatic hydroxyl groups excluding tert-OH is 8. The molecule has 35 heteroatoms. The van der Waals surface area contributed by atoms with Gasteiger partial charge in [-0.25, -0.2) is 0 Å². The summed E-state index contributed by atoms with van der Waals surface area (Å²) in [6.45, 7) is 11.8. The highest BCUT2D eigenvalue weighted by molar-refractivity contribution is 6.43. The summed E-state index contributed by atoms with van der Waals surface area (Å²) in [5, 5.41) is 194. The van der Waals surface area contributed by atoms with E-state index in [1.807, 2.05) is 0 Å². The molecule has 0 unspecified atom stereocenters. The largest absolute Gasteiger partial charge is 0.507 e. The molecular formula is C77H100O35. The van der Waals surface area contributed by atoms with E-state index >= 15 is 19.2 Å². The number of methoxy groups -OCH3 is 3. The number of aliphatic hydroxyl groups is 12. The Kier molecular flexibility index (Phi) is 21.8. The third-order valence-corrected chi connectivity index (χ3v) is 25.6. The summed E-state index contributed by atoms with van der Waals surface area (Å²) in [7, 11) is 3.08. The number of benzene rings is 3. The molecule has 0 amide bonds. The minimum Gasteiger partial charge on any atom is -0.507 e. The first-order chi connectivity index (χ1) is 52.8. The molecule has 112 heavy (non-hydrogen) atoms. The summed E-state index contributed by atoms with van der Waals surface area (Å²) in [4.78, 5) is 76.6. The molecule has 3 aromatic carbocycles. The van der Waals surface area contributed by atoms with Crippen molar-refractivity contribution < 1.29 is 172 Å². The van der Waals surface area contributed by atoms with Gasteiger partial charge in [0, 0.05) is 49.0 Å². The van der Waals surface area contributed by atoms with Crippen molar-refractivity contribution in [1.82, 2.24) is 0 Å². The van der Waals surface area contributed by atoms with Crippen LogP contribution in [0.4, 0.5) is 0 Å². The minimum absolute atomic E-state index is 0.000626. The van der Waals surface area contributed by atoms with Crippen LogP contribution in [0.3, 0.4) is 0 Å². The number of allylic oxidation sites excluding steroid dienone is 2. The molecule has 35 nitrogen and oxygen atoms in total. The third-order valence-electron chi connectivity index (χ3n) is 25.6. The normalized spacial score (nSPS) is 43.2. The van der Waals surface area contributed by atoms with Crippen LogP contribution in [0.1, 0.15) is 190 Å². The highest BCUT2D eigenvalue weighted by Gasteiger charge is 2.82. The zero-order chi connectivity index (χ0) is 81.3. The number of aromatic hydroxyl groups is 4. The summed E-state index contributed by atoms with van der Waals surface area (Å²) in [6, 6.07) is 1.24. The maximum absolute atomic E-state index is 16.3. The Morgan fingerprint density at radius 3 is 1.63 bits per heavy atom. The molecule has 0 radical (unpaired) electrons. The van der Waals surface area contributed by atoms with Crippen molar-refractivity contribution in [3.05, 3.63) is 50.8 Å². The predicted octanol–water partition coefficient (Wildman–Crippen LogP) is 0.502. The standard InChI is InChI=1S/C77H100O35/c1-12-18-73(95)71(110-39-16-14-34(79)25(3)102-39)61(91)64(108-41-22-35(80)53(83)27(5)104-41)33-21-31-20-32-45(55(85)44(31)69(93)76(33,73)97)56(86)49(67(101-11)63(32)99-9)48-57(87)46-47(60(90)66(48)100-10)58(88)50-51(59(46)89)70(94)77(98)52-65(50)112-74(77,19-13-2)72(62(92)68(52)109-42-23-36(81)54(84)28(6)105-42)111-40-17-15-37(26(4)103-40)107-43-24-38(82)75(96,29(7)78)30(8)106-43/h20,25-28,30,33-43,52-54,61-62,64-65,68,71-72,79-86,88-89,91-92,95-98H,12-19,21-24H2,1-11H3/t25-,26+,27+,28-,30-,33-,34+,35+,36-,37+,38+,39+,40+,41-,42+,43-,52+,53-,54-,61+,62-,64-,65-,68+,71-,72+,73-,74-,75+,76+,77-/m1/s1. The molecule has 3 aromatic rings. The molecule has 31 atom stereocenters. The van der Waals surface area contributed by atoms with Crippen molar-refractivity contribution in [2.24, 2.45) is 11.8 Å². The van der Waals surface area contributed by atoms with Crippen molar-refractivity contribution in [2.75, 3.05) is 21.3 Å². The van der Waals surface area contributed by atoms with E-state index in [2.05, 4.69) is 0 Å². The van der Waals surface area contributed by atoms with E-state index in [9.17, 15) is 86.5 Å². The van der Waals surface area contributed by atoms with Gasteiger partial charge in [0.05, 0.1) is 145 Å². The Balaban J connectivity index is 0.864. The molecule has 6 saturated heterocycles. The fraction of sp³-hybridized carbons (Fsp3) is 0.701. The van der Waals surface area contributed by atoms with Crippen molar-refractivity contribution in [1.29, 1.82) is 0 Å². The number of phenolic OH excluding ortho intramolecular Hbond substituents is 4. The summed E-state index contributed by atoms with van der Waals surface area (Å²) in [6.07, 6.45) is -36.5. The van der Waals surface area contributed by atoms with E-state index in [1.165, 1.54) is 26.8 Å². The fourth-order valence-electron chi connectivity index (χ4n) is 19.9. The third kappa shape index (κ3) is 11.9. The molecule has 618 valence electrons. The van der Waals surface area contributed by atoms with Gasteiger partial charge in [-0.2, -0.15) is 0 Å².